The van der Waals surface area contributed by atoms with E-state index in [9.17, 15) is 18.0 Å². The van der Waals surface area contributed by atoms with E-state index in [0.29, 0.717) is 19.3 Å². The van der Waals surface area contributed by atoms with E-state index in [1.54, 1.807) is 0 Å². The molecule has 0 bridgehead atoms. The molecular weight excluding hydrogens is 227 g/mol. The third-order valence-corrected chi connectivity index (χ3v) is 1.89. The molecule has 0 unspecified atom stereocenters. The molecule has 4 nitrogen and oxygen atoms in total. The highest BCUT2D eigenvalue weighted by Gasteiger charge is 2.31. The van der Waals surface area contributed by atoms with E-state index in [4.69, 9.17) is 10.2 Å². The number of halogens is 3. The molecule has 16 heavy (non-hydrogen) atoms. The van der Waals surface area contributed by atoms with Crippen LogP contribution in [0.15, 0.2) is 0 Å². The zero-order valence-corrected chi connectivity index (χ0v) is 8.83. The number of carboxylic acids is 1. The lowest BCUT2D eigenvalue weighted by molar-refractivity contribution is -0.154. The maximum absolute atomic E-state index is 12.1. The lowest BCUT2D eigenvalue weighted by Gasteiger charge is -2.21. The Morgan fingerprint density at radius 1 is 1.19 bits per heavy atom. The molecule has 0 heterocycles. The van der Waals surface area contributed by atoms with Crippen molar-refractivity contribution in [2.75, 3.05) is 26.2 Å². The zero-order chi connectivity index (χ0) is 12.6. The summed E-state index contributed by atoms with van der Waals surface area (Å²) in [5.74, 6) is -1.27. The first-order valence-electron chi connectivity index (χ1n) is 4.97. The lowest BCUT2D eigenvalue weighted by atomic mass is 10.2. The minimum Gasteiger partial charge on any atom is -0.480 e. The molecule has 2 N–H and O–H groups in total. The number of aliphatic hydroxyl groups is 1. The fourth-order valence-corrected chi connectivity index (χ4v) is 1.28. The number of aliphatic hydroxyl groups excluding tert-OH is 1. The quantitative estimate of drug-likeness (QED) is 0.627. The Morgan fingerprint density at radius 2 is 1.81 bits per heavy atom. The fourth-order valence-electron chi connectivity index (χ4n) is 1.28. The first-order valence-corrected chi connectivity index (χ1v) is 4.97. The molecule has 0 fully saturated rings. The minimum absolute atomic E-state index is 0.00178. The van der Waals surface area contributed by atoms with Crippen LogP contribution in [0.5, 0.6) is 0 Å². The van der Waals surface area contributed by atoms with E-state index < -0.39 is 25.2 Å². The van der Waals surface area contributed by atoms with E-state index in [1.807, 2.05) is 0 Å². The van der Waals surface area contributed by atoms with Gasteiger partial charge in [-0.15, -0.1) is 0 Å². The average molecular weight is 243 g/mol. The number of nitrogens with zero attached hydrogens (tertiary/aromatic N) is 1. The first-order chi connectivity index (χ1) is 7.35. The molecule has 0 saturated heterocycles. The molecule has 0 aliphatic rings. The first kappa shape index (κ1) is 15.2. The average Bonchev–Trinajstić information content (AvgIpc) is 2.08. The van der Waals surface area contributed by atoms with Gasteiger partial charge in [0.1, 0.15) is 0 Å². The van der Waals surface area contributed by atoms with Gasteiger partial charge in [-0.1, -0.05) is 0 Å². The van der Waals surface area contributed by atoms with E-state index in [-0.39, 0.29) is 13.2 Å². The third-order valence-electron chi connectivity index (χ3n) is 1.89. The standard InChI is InChI=1S/C9H16F3NO3/c10-9(11,12)7-13(6-8(15)16)4-2-1-3-5-14/h14H,1-7H2,(H,15,16). The second-order valence-electron chi connectivity index (χ2n) is 3.50. The van der Waals surface area contributed by atoms with E-state index in [1.165, 1.54) is 0 Å². The van der Waals surface area contributed by atoms with Crippen molar-refractivity contribution in [1.82, 2.24) is 4.90 Å². The number of aliphatic carboxylic acids is 1. The number of alkyl halides is 3. The number of hydrogen-bond acceptors (Lipinski definition) is 3. The molecular formula is C9H16F3NO3. The van der Waals surface area contributed by atoms with Crippen molar-refractivity contribution in [3.8, 4) is 0 Å². The molecule has 0 amide bonds. The van der Waals surface area contributed by atoms with Crippen molar-refractivity contribution >= 4 is 5.97 Å². The number of hydrogen-bond donors (Lipinski definition) is 2. The predicted molar refractivity (Wildman–Crippen MR) is 51.1 cm³/mol. The summed E-state index contributed by atoms with van der Waals surface area (Å²) in [5.41, 5.74) is 0. The van der Waals surface area contributed by atoms with Crippen LogP contribution in [0.25, 0.3) is 0 Å². The van der Waals surface area contributed by atoms with Crippen LogP contribution < -0.4 is 0 Å². The summed E-state index contributed by atoms with van der Waals surface area (Å²) < 4.78 is 36.2. The van der Waals surface area contributed by atoms with Gasteiger partial charge in [-0.05, 0) is 25.8 Å². The lowest BCUT2D eigenvalue weighted by Crippen LogP contribution is -2.38. The molecule has 0 aliphatic carbocycles. The maximum atomic E-state index is 12.1. The summed E-state index contributed by atoms with van der Waals surface area (Å²) in [6.45, 7) is -1.75. The van der Waals surface area contributed by atoms with Gasteiger partial charge in [0, 0.05) is 6.61 Å². The van der Waals surface area contributed by atoms with E-state index in [0.717, 1.165) is 4.90 Å². The van der Waals surface area contributed by atoms with Gasteiger partial charge in [-0.2, -0.15) is 13.2 Å². The summed E-state index contributed by atoms with van der Waals surface area (Å²) in [6.07, 6.45) is -2.83. The second kappa shape index (κ2) is 7.45. The Labute approximate surface area is 91.7 Å². The number of unbranched alkanes of at least 4 members (excludes halogenated alkanes) is 2. The van der Waals surface area contributed by atoms with Gasteiger partial charge in [0.05, 0.1) is 13.1 Å². The molecule has 0 spiro atoms. The highest BCUT2D eigenvalue weighted by atomic mass is 19.4. The van der Waals surface area contributed by atoms with Crippen LogP contribution in [0.2, 0.25) is 0 Å². The Morgan fingerprint density at radius 3 is 2.25 bits per heavy atom. The van der Waals surface area contributed by atoms with Gasteiger partial charge in [0.15, 0.2) is 0 Å². The van der Waals surface area contributed by atoms with Gasteiger partial charge < -0.3 is 10.2 Å². The van der Waals surface area contributed by atoms with Crippen molar-refractivity contribution in [2.24, 2.45) is 0 Å². The Kier molecular flexibility index (Phi) is 7.07. The zero-order valence-electron chi connectivity index (χ0n) is 8.83. The molecule has 0 aliphatic heterocycles. The normalized spacial score (nSPS) is 12.1. The largest absolute Gasteiger partial charge is 0.480 e. The number of carbonyl (C=O) groups is 1. The van der Waals surface area contributed by atoms with E-state index in [2.05, 4.69) is 0 Å². The smallest absolute Gasteiger partial charge is 0.401 e. The van der Waals surface area contributed by atoms with Crippen molar-refractivity contribution in [2.45, 2.75) is 25.4 Å². The second-order valence-corrected chi connectivity index (χ2v) is 3.50. The van der Waals surface area contributed by atoms with Gasteiger partial charge >= 0.3 is 12.1 Å². The summed E-state index contributed by atoms with van der Waals surface area (Å²) in [6, 6.07) is 0. The Hall–Kier alpha value is -0.820. The highest BCUT2D eigenvalue weighted by molar-refractivity contribution is 5.69. The van der Waals surface area contributed by atoms with Crippen molar-refractivity contribution < 1.29 is 28.2 Å². The van der Waals surface area contributed by atoms with Crippen molar-refractivity contribution in [3.63, 3.8) is 0 Å². The van der Waals surface area contributed by atoms with Gasteiger partial charge in [-0.3, -0.25) is 9.69 Å². The molecule has 0 aromatic carbocycles. The molecule has 0 rings (SSSR count). The molecule has 0 saturated carbocycles. The van der Waals surface area contributed by atoms with Gasteiger partial charge in [0.2, 0.25) is 0 Å². The van der Waals surface area contributed by atoms with Gasteiger partial charge in [0.25, 0.3) is 0 Å². The Balaban J connectivity index is 3.96. The van der Waals surface area contributed by atoms with Crippen molar-refractivity contribution in [1.29, 1.82) is 0 Å². The summed E-state index contributed by atoms with van der Waals surface area (Å²) in [7, 11) is 0. The molecule has 96 valence electrons. The van der Waals surface area contributed by atoms with Crippen LogP contribution in [0.3, 0.4) is 0 Å². The predicted octanol–water partition coefficient (Wildman–Crippen LogP) is 1.10. The van der Waals surface area contributed by atoms with Crippen LogP contribution in [0, 0.1) is 0 Å². The van der Waals surface area contributed by atoms with E-state index >= 15 is 0 Å². The summed E-state index contributed by atoms with van der Waals surface area (Å²) in [4.78, 5) is 11.2. The Bertz CT molecular complexity index is 209. The topological polar surface area (TPSA) is 60.8 Å². The van der Waals surface area contributed by atoms with Crippen LogP contribution >= 0.6 is 0 Å². The van der Waals surface area contributed by atoms with Gasteiger partial charge in [-0.25, -0.2) is 0 Å². The third kappa shape index (κ3) is 9.72. The van der Waals surface area contributed by atoms with Crippen LogP contribution in [0.4, 0.5) is 13.2 Å². The maximum Gasteiger partial charge on any atom is 0.401 e. The van der Waals surface area contributed by atoms with Crippen molar-refractivity contribution in [3.05, 3.63) is 0 Å². The molecule has 0 radical (unpaired) electrons. The van der Waals surface area contributed by atoms with Crippen LogP contribution in [0.1, 0.15) is 19.3 Å². The van der Waals surface area contributed by atoms with Crippen LogP contribution in [-0.4, -0.2) is 53.5 Å². The minimum atomic E-state index is -4.38. The fraction of sp³-hybridized carbons (Fsp3) is 0.889. The molecule has 0 atom stereocenters. The number of rotatable bonds is 8. The molecule has 0 aromatic rings. The summed E-state index contributed by atoms with van der Waals surface area (Å²) in [5, 5.41) is 16.9. The monoisotopic (exact) mass is 243 g/mol. The highest BCUT2D eigenvalue weighted by Crippen LogP contribution is 2.16. The summed E-state index contributed by atoms with van der Waals surface area (Å²) >= 11 is 0. The molecule has 0 aromatic heterocycles. The molecule has 7 heteroatoms. The number of carboxylic acid groups (broad SMARTS) is 1. The van der Waals surface area contributed by atoms with Crippen LogP contribution in [-0.2, 0) is 4.79 Å². The SMILES string of the molecule is O=C(O)CN(CCCCCO)CC(F)(F)F.